The summed E-state index contributed by atoms with van der Waals surface area (Å²) in [5.41, 5.74) is 1.69. The molecule has 90 valence electrons. The molecule has 3 nitrogen and oxygen atoms in total. The lowest BCUT2D eigenvalue weighted by molar-refractivity contribution is 0.189. The van der Waals surface area contributed by atoms with Gasteiger partial charge in [-0.1, -0.05) is 18.2 Å². The zero-order valence-electron chi connectivity index (χ0n) is 10.00. The van der Waals surface area contributed by atoms with E-state index in [0.717, 1.165) is 22.2 Å². The minimum Gasteiger partial charge on any atom is -0.463 e. The standard InChI is InChI=1S/C15H13NO2/c1-10-7-8-14(18-10)15(17)12-4-2-6-13-11(12)5-3-9-16-13/h2-9,15,17H,1H3. The molecular weight excluding hydrogens is 226 g/mol. The fourth-order valence-corrected chi connectivity index (χ4v) is 2.12. The molecule has 1 atom stereocenters. The summed E-state index contributed by atoms with van der Waals surface area (Å²) in [5, 5.41) is 11.3. The molecule has 3 aromatic rings. The Morgan fingerprint density at radius 1 is 1.11 bits per heavy atom. The zero-order chi connectivity index (χ0) is 12.5. The highest BCUT2D eigenvalue weighted by Crippen LogP contribution is 2.28. The van der Waals surface area contributed by atoms with E-state index >= 15 is 0 Å². The second-order valence-corrected chi connectivity index (χ2v) is 4.27. The molecule has 0 amide bonds. The fraction of sp³-hybridized carbons (Fsp3) is 0.133. The minimum absolute atomic E-state index is 0.559. The van der Waals surface area contributed by atoms with E-state index < -0.39 is 6.10 Å². The van der Waals surface area contributed by atoms with Gasteiger partial charge in [-0.2, -0.15) is 0 Å². The average Bonchev–Trinajstić information content (AvgIpc) is 2.84. The summed E-state index contributed by atoms with van der Waals surface area (Å²) in [6.07, 6.45) is 0.988. The van der Waals surface area contributed by atoms with E-state index in [-0.39, 0.29) is 0 Å². The van der Waals surface area contributed by atoms with Gasteiger partial charge in [-0.25, -0.2) is 0 Å². The van der Waals surface area contributed by atoms with Crippen molar-refractivity contribution in [3.8, 4) is 0 Å². The Kier molecular flexibility index (Phi) is 2.61. The molecule has 0 saturated carbocycles. The first kappa shape index (κ1) is 11.0. The number of rotatable bonds is 2. The highest BCUT2D eigenvalue weighted by atomic mass is 16.4. The molecule has 0 radical (unpaired) electrons. The number of aromatic nitrogens is 1. The van der Waals surface area contributed by atoms with Crippen molar-refractivity contribution in [1.82, 2.24) is 4.98 Å². The molecule has 1 unspecified atom stereocenters. The Labute approximate surface area is 105 Å². The molecule has 0 aliphatic heterocycles. The average molecular weight is 239 g/mol. The van der Waals surface area contributed by atoms with Crippen molar-refractivity contribution >= 4 is 10.9 Å². The third-order valence-corrected chi connectivity index (χ3v) is 3.00. The number of aliphatic hydroxyl groups is 1. The minimum atomic E-state index is -0.758. The van der Waals surface area contributed by atoms with Gasteiger partial charge in [0, 0.05) is 11.6 Å². The second kappa shape index (κ2) is 4.27. The fourth-order valence-electron chi connectivity index (χ4n) is 2.12. The molecule has 0 bridgehead atoms. The van der Waals surface area contributed by atoms with E-state index in [1.807, 2.05) is 43.3 Å². The quantitative estimate of drug-likeness (QED) is 0.746. The SMILES string of the molecule is Cc1ccc(C(O)c2cccc3ncccc23)o1. The van der Waals surface area contributed by atoms with Crippen LogP contribution in [-0.2, 0) is 0 Å². The van der Waals surface area contributed by atoms with E-state index in [9.17, 15) is 5.11 Å². The summed E-state index contributed by atoms with van der Waals surface area (Å²) in [4.78, 5) is 4.28. The summed E-state index contributed by atoms with van der Waals surface area (Å²) < 4.78 is 5.48. The number of aliphatic hydroxyl groups excluding tert-OH is 1. The molecule has 0 fully saturated rings. The summed E-state index contributed by atoms with van der Waals surface area (Å²) in [5.74, 6) is 1.35. The number of pyridine rings is 1. The highest BCUT2D eigenvalue weighted by molar-refractivity contribution is 5.82. The summed E-state index contributed by atoms with van der Waals surface area (Å²) in [6, 6.07) is 13.2. The van der Waals surface area contributed by atoms with Gasteiger partial charge in [0.1, 0.15) is 17.6 Å². The van der Waals surface area contributed by atoms with Crippen molar-refractivity contribution in [3.05, 3.63) is 65.7 Å². The molecule has 3 heteroatoms. The smallest absolute Gasteiger partial charge is 0.137 e. The Bertz CT molecular complexity index is 682. The maximum atomic E-state index is 10.4. The number of nitrogens with zero attached hydrogens (tertiary/aromatic N) is 1. The van der Waals surface area contributed by atoms with Crippen LogP contribution in [0.5, 0.6) is 0 Å². The Hall–Kier alpha value is -2.13. The number of fused-ring (bicyclic) bond motifs is 1. The number of hydrogen-bond acceptors (Lipinski definition) is 3. The van der Waals surface area contributed by atoms with E-state index in [0.29, 0.717) is 5.76 Å². The van der Waals surface area contributed by atoms with Crippen molar-refractivity contribution < 1.29 is 9.52 Å². The lowest BCUT2D eigenvalue weighted by atomic mass is 10.0. The van der Waals surface area contributed by atoms with Crippen molar-refractivity contribution in [2.24, 2.45) is 0 Å². The molecule has 0 aliphatic rings. The van der Waals surface area contributed by atoms with Gasteiger partial charge >= 0.3 is 0 Å². The van der Waals surface area contributed by atoms with Crippen molar-refractivity contribution in [1.29, 1.82) is 0 Å². The van der Waals surface area contributed by atoms with Crippen LogP contribution in [0.15, 0.2) is 53.1 Å². The molecule has 1 N–H and O–H groups in total. The Morgan fingerprint density at radius 2 is 2.00 bits per heavy atom. The van der Waals surface area contributed by atoms with Crippen LogP contribution < -0.4 is 0 Å². The van der Waals surface area contributed by atoms with Crippen LogP contribution in [0.25, 0.3) is 10.9 Å². The van der Waals surface area contributed by atoms with Crippen LogP contribution in [0.2, 0.25) is 0 Å². The van der Waals surface area contributed by atoms with Gasteiger partial charge in [0.15, 0.2) is 0 Å². The van der Waals surface area contributed by atoms with Crippen LogP contribution in [0.4, 0.5) is 0 Å². The highest BCUT2D eigenvalue weighted by Gasteiger charge is 2.16. The van der Waals surface area contributed by atoms with Crippen molar-refractivity contribution in [2.45, 2.75) is 13.0 Å². The first-order valence-corrected chi connectivity index (χ1v) is 5.84. The second-order valence-electron chi connectivity index (χ2n) is 4.27. The lowest BCUT2D eigenvalue weighted by Gasteiger charge is -2.11. The van der Waals surface area contributed by atoms with Crippen LogP contribution in [0.1, 0.15) is 23.2 Å². The topological polar surface area (TPSA) is 46.3 Å². The van der Waals surface area contributed by atoms with Gasteiger partial charge in [-0.3, -0.25) is 4.98 Å². The lowest BCUT2D eigenvalue weighted by Crippen LogP contribution is -1.99. The van der Waals surface area contributed by atoms with Crippen LogP contribution in [0.3, 0.4) is 0 Å². The van der Waals surface area contributed by atoms with Gasteiger partial charge in [0.05, 0.1) is 5.52 Å². The molecule has 2 aromatic heterocycles. The molecular formula is C15H13NO2. The van der Waals surface area contributed by atoms with Crippen LogP contribution in [-0.4, -0.2) is 10.1 Å². The number of hydrogen-bond donors (Lipinski definition) is 1. The van der Waals surface area contributed by atoms with Gasteiger partial charge in [-0.15, -0.1) is 0 Å². The monoisotopic (exact) mass is 239 g/mol. The number of furan rings is 1. The molecule has 1 aromatic carbocycles. The van der Waals surface area contributed by atoms with Crippen LogP contribution >= 0.6 is 0 Å². The molecule has 0 saturated heterocycles. The van der Waals surface area contributed by atoms with Gasteiger partial charge in [0.25, 0.3) is 0 Å². The van der Waals surface area contributed by atoms with Crippen molar-refractivity contribution in [2.75, 3.05) is 0 Å². The normalized spacial score (nSPS) is 12.8. The van der Waals surface area contributed by atoms with E-state index in [4.69, 9.17) is 4.42 Å². The molecule has 18 heavy (non-hydrogen) atoms. The predicted molar refractivity (Wildman–Crippen MR) is 69.2 cm³/mol. The largest absolute Gasteiger partial charge is 0.463 e. The summed E-state index contributed by atoms with van der Waals surface area (Å²) >= 11 is 0. The predicted octanol–water partition coefficient (Wildman–Crippen LogP) is 3.22. The first-order chi connectivity index (χ1) is 8.75. The Balaban J connectivity index is 2.14. The van der Waals surface area contributed by atoms with Crippen LogP contribution in [0, 0.1) is 6.92 Å². The number of aryl methyl sites for hydroxylation is 1. The van der Waals surface area contributed by atoms with Gasteiger partial charge in [0.2, 0.25) is 0 Å². The first-order valence-electron chi connectivity index (χ1n) is 5.84. The third-order valence-electron chi connectivity index (χ3n) is 3.00. The van der Waals surface area contributed by atoms with Gasteiger partial charge in [-0.05, 0) is 36.8 Å². The summed E-state index contributed by atoms with van der Waals surface area (Å²) in [6.45, 7) is 1.86. The summed E-state index contributed by atoms with van der Waals surface area (Å²) in [7, 11) is 0. The van der Waals surface area contributed by atoms with Gasteiger partial charge < -0.3 is 9.52 Å². The molecule has 3 rings (SSSR count). The third kappa shape index (κ3) is 1.79. The Morgan fingerprint density at radius 3 is 2.78 bits per heavy atom. The molecule has 0 aliphatic carbocycles. The van der Waals surface area contributed by atoms with Crippen molar-refractivity contribution in [3.63, 3.8) is 0 Å². The van der Waals surface area contributed by atoms with E-state index in [1.165, 1.54) is 0 Å². The number of benzene rings is 1. The molecule has 0 spiro atoms. The van der Waals surface area contributed by atoms with E-state index in [1.54, 1.807) is 12.3 Å². The van der Waals surface area contributed by atoms with E-state index in [2.05, 4.69) is 4.98 Å². The maximum Gasteiger partial charge on any atom is 0.137 e. The molecule has 2 heterocycles. The maximum absolute atomic E-state index is 10.4. The zero-order valence-corrected chi connectivity index (χ0v) is 10.00.